The van der Waals surface area contributed by atoms with Gasteiger partial charge in [-0.2, -0.15) is 0 Å². The Bertz CT molecular complexity index is 247. The summed E-state index contributed by atoms with van der Waals surface area (Å²) < 4.78 is 0. The van der Waals surface area contributed by atoms with Gasteiger partial charge in [0.2, 0.25) is 0 Å². The Labute approximate surface area is 126 Å². The van der Waals surface area contributed by atoms with Crippen LogP contribution in [-0.2, 0) is 26.2 Å². The van der Waals surface area contributed by atoms with Crippen LogP contribution in [0.4, 0.5) is 0 Å². The molecule has 0 amide bonds. The molecule has 2 rings (SSSR count). The van der Waals surface area contributed by atoms with Crippen LogP contribution in [0.2, 0.25) is 0 Å². The van der Waals surface area contributed by atoms with E-state index in [0.717, 1.165) is 12.8 Å². The van der Waals surface area contributed by atoms with Crippen LogP contribution in [0.25, 0.3) is 0 Å². The molecule has 0 saturated heterocycles. The van der Waals surface area contributed by atoms with Crippen molar-refractivity contribution in [3.8, 4) is 0 Å². The molecule has 14 heavy (non-hydrogen) atoms. The van der Waals surface area contributed by atoms with E-state index in [1.807, 2.05) is 0 Å². The fourth-order valence-corrected chi connectivity index (χ4v) is 1.54. The van der Waals surface area contributed by atoms with Crippen molar-refractivity contribution in [1.82, 2.24) is 0 Å². The summed E-state index contributed by atoms with van der Waals surface area (Å²) >= 11 is 0. The normalized spacial score (nSPS) is 16.3. The predicted molar refractivity (Wildman–Crippen MR) is 68.9 cm³/mol. The summed E-state index contributed by atoms with van der Waals surface area (Å²) in [5.74, 6) is 0. The average molecular weight is 397 g/mol. The Morgan fingerprint density at radius 3 is 1.57 bits per heavy atom. The van der Waals surface area contributed by atoms with Crippen molar-refractivity contribution in [2.75, 3.05) is 0 Å². The summed E-state index contributed by atoms with van der Waals surface area (Å²) in [6.45, 7) is 0. The molecule has 0 radical (unpaired) electrons. The van der Waals surface area contributed by atoms with Gasteiger partial charge in [-0.05, 0) is 19.3 Å². The molecule has 0 fully saturated rings. The molecule has 0 aromatic rings. The van der Waals surface area contributed by atoms with E-state index in [9.17, 15) is 0 Å². The van der Waals surface area contributed by atoms with E-state index in [1.165, 1.54) is 6.42 Å². The Morgan fingerprint density at radius 2 is 1.29 bits per heavy atom. The van der Waals surface area contributed by atoms with Crippen molar-refractivity contribution >= 4 is 34.0 Å². The second kappa shape index (κ2) is 9.06. The van der Waals surface area contributed by atoms with Crippen molar-refractivity contribution in [2.24, 2.45) is 0 Å². The molecular weight excluding hydrogens is 383 g/mol. The molecule has 0 aromatic heterocycles. The Balaban J connectivity index is 0. The molecule has 0 nitrogen and oxygen atoms in total. The maximum Gasteiger partial charge on any atom is 0 e. The molecule has 0 atom stereocenters. The fourth-order valence-electron chi connectivity index (χ4n) is 1.54. The first-order valence-electron chi connectivity index (χ1n) is 4.14. The van der Waals surface area contributed by atoms with Crippen molar-refractivity contribution in [2.45, 2.75) is 19.3 Å². The molecule has 0 spiro atoms. The third-order valence-corrected chi connectivity index (χ3v) is 2.15. The van der Waals surface area contributed by atoms with Gasteiger partial charge in [0.15, 0.2) is 0 Å². The minimum atomic E-state index is 0. The zero-order valence-corrected chi connectivity index (χ0v) is 13.8. The van der Waals surface area contributed by atoms with E-state index in [2.05, 4.69) is 36.5 Å². The Hall–Kier alpha value is 0.803. The van der Waals surface area contributed by atoms with Gasteiger partial charge < -0.3 is 0 Å². The van der Waals surface area contributed by atoms with E-state index in [0.29, 0.717) is 0 Å². The zero-order chi connectivity index (χ0) is 7.52. The first-order chi connectivity index (χ1) is 5.45. The van der Waals surface area contributed by atoms with Crippen LogP contribution in [0.1, 0.15) is 19.3 Å². The molecule has 0 heterocycles. The van der Waals surface area contributed by atoms with E-state index < -0.39 is 0 Å². The monoisotopic (exact) mass is 394 g/mol. The molecule has 0 bridgehead atoms. The SMILES string of the molecule is Br.Br.C1=CCC(CC2=CC=CC2)=C1.[Zr]. The molecule has 0 saturated carbocycles. The van der Waals surface area contributed by atoms with Crippen molar-refractivity contribution in [1.29, 1.82) is 0 Å². The van der Waals surface area contributed by atoms with Crippen molar-refractivity contribution < 1.29 is 26.2 Å². The van der Waals surface area contributed by atoms with Crippen molar-refractivity contribution in [3.63, 3.8) is 0 Å². The summed E-state index contributed by atoms with van der Waals surface area (Å²) in [6, 6.07) is 0. The Kier molecular flexibility index (Phi) is 11.1. The molecular formula is C11H14Br2Zr. The minimum absolute atomic E-state index is 0. The van der Waals surface area contributed by atoms with Gasteiger partial charge in [0.25, 0.3) is 0 Å². The van der Waals surface area contributed by atoms with E-state index in [1.54, 1.807) is 11.1 Å². The molecule has 76 valence electrons. The van der Waals surface area contributed by atoms with Gasteiger partial charge in [-0.15, -0.1) is 34.0 Å². The summed E-state index contributed by atoms with van der Waals surface area (Å²) in [5.41, 5.74) is 3.11. The number of hydrogen-bond donors (Lipinski definition) is 0. The summed E-state index contributed by atoms with van der Waals surface area (Å²) in [7, 11) is 0. The molecule has 0 aliphatic heterocycles. The maximum absolute atomic E-state index is 2.24. The standard InChI is InChI=1S/C11H12.2BrH.Zr/c1-2-6-10(5-1)9-11-7-3-4-8-11;;;/h1-5,7H,6,8-9H2;2*1H;. The predicted octanol–water partition coefficient (Wildman–Crippen LogP) is 4.30. The molecule has 2 aliphatic rings. The number of hydrogen-bond acceptors (Lipinski definition) is 0. The van der Waals surface area contributed by atoms with Gasteiger partial charge >= 0.3 is 0 Å². The number of allylic oxidation sites excluding steroid dienone is 8. The second-order valence-electron chi connectivity index (χ2n) is 3.09. The first kappa shape index (κ1) is 17.2. The van der Waals surface area contributed by atoms with Crippen LogP contribution in [-0.4, -0.2) is 0 Å². The summed E-state index contributed by atoms with van der Waals surface area (Å²) in [4.78, 5) is 0. The minimum Gasteiger partial charge on any atom is -0.114 e. The van der Waals surface area contributed by atoms with Crippen LogP contribution < -0.4 is 0 Å². The zero-order valence-electron chi connectivity index (χ0n) is 7.90. The molecule has 3 heteroatoms. The van der Waals surface area contributed by atoms with Crippen LogP contribution >= 0.6 is 34.0 Å². The van der Waals surface area contributed by atoms with Crippen LogP contribution in [0.5, 0.6) is 0 Å². The maximum atomic E-state index is 2.24. The van der Waals surface area contributed by atoms with Gasteiger partial charge in [-0.3, -0.25) is 0 Å². The number of halogens is 2. The van der Waals surface area contributed by atoms with E-state index in [-0.39, 0.29) is 60.2 Å². The molecule has 0 N–H and O–H groups in total. The third kappa shape index (κ3) is 5.04. The van der Waals surface area contributed by atoms with Gasteiger partial charge in [0.1, 0.15) is 0 Å². The van der Waals surface area contributed by atoms with Crippen LogP contribution in [0, 0.1) is 0 Å². The Morgan fingerprint density at radius 1 is 0.857 bits per heavy atom. The van der Waals surface area contributed by atoms with Gasteiger partial charge in [-0.1, -0.05) is 47.6 Å². The molecule has 2 aliphatic carbocycles. The fraction of sp³-hybridized carbons (Fsp3) is 0.273. The largest absolute Gasteiger partial charge is 0.114 e. The molecule has 0 unspecified atom stereocenters. The van der Waals surface area contributed by atoms with Gasteiger partial charge in [0, 0.05) is 26.2 Å². The second-order valence-corrected chi connectivity index (χ2v) is 3.09. The van der Waals surface area contributed by atoms with Crippen LogP contribution in [0.15, 0.2) is 47.6 Å². The smallest absolute Gasteiger partial charge is 0 e. The van der Waals surface area contributed by atoms with Gasteiger partial charge in [0.05, 0.1) is 0 Å². The van der Waals surface area contributed by atoms with E-state index >= 15 is 0 Å². The topological polar surface area (TPSA) is 0 Å². The van der Waals surface area contributed by atoms with Crippen LogP contribution in [0.3, 0.4) is 0 Å². The molecule has 0 aromatic carbocycles. The quantitative estimate of drug-likeness (QED) is 0.652. The third-order valence-electron chi connectivity index (χ3n) is 2.15. The summed E-state index contributed by atoms with van der Waals surface area (Å²) in [6.07, 6.45) is 16.7. The number of rotatable bonds is 2. The van der Waals surface area contributed by atoms with E-state index in [4.69, 9.17) is 0 Å². The first-order valence-corrected chi connectivity index (χ1v) is 4.14. The van der Waals surface area contributed by atoms with Crippen molar-refractivity contribution in [3.05, 3.63) is 47.6 Å². The summed E-state index contributed by atoms with van der Waals surface area (Å²) in [5, 5.41) is 0. The van der Waals surface area contributed by atoms with Gasteiger partial charge in [-0.25, -0.2) is 0 Å². The average Bonchev–Trinajstić information content (AvgIpc) is 2.60.